The highest BCUT2D eigenvalue weighted by Gasteiger charge is 2.20. The summed E-state index contributed by atoms with van der Waals surface area (Å²) in [7, 11) is 1.99. The van der Waals surface area contributed by atoms with Gasteiger partial charge in [0, 0.05) is 24.2 Å². The molecule has 5 nitrogen and oxygen atoms in total. The van der Waals surface area contributed by atoms with Gasteiger partial charge in [-0.3, -0.25) is 15.0 Å². The van der Waals surface area contributed by atoms with Crippen LogP contribution in [0.3, 0.4) is 0 Å². The molecule has 0 radical (unpaired) electrons. The van der Waals surface area contributed by atoms with Crippen molar-refractivity contribution in [1.29, 1.82) is 0 Å². The number of likely N-dealkylation sites (tertiary alicyclic amines) is 1. The van der Waals surface area contributed by atoms with E-state index < -0.39 is 0 Å². The molecule has 0 spiro atoms. The summed E-state index contributed by atoms with van der Waals surface area (Å²) in [4.78, 5) is 12.9. The van der Waals surface area contributed by atoms with Gasteiger partial charge in [-0.25, -0.2) is 0 Å². The average Bonchev–Trinajstić information content (AvgIpc) is 2.40. The molecule has 1 fully saturated rings. The largest absolute Gasteiger partial charge is 0.317 e. The predicted molar refractivity (Wildman–Crippen MR) is 70.5 cm³/mol. The van der Waals surface area contributed by atoms with Crippen LogP contribution < -0.4 is 5.32 Å². The van der Waals surface area contributed by atoms with Crippen LogP contribution in [0, 0.1) is 10.1 Å². The molecule has 1 aliphatic heterocycles. The zero-order valence-corrected chi connectivity index (χ0v) is 10.6. The van der Waals surface area contributed by atoms with Gasteiger partial charge in [0.25, 0.3) is 5.69 Å². The quantitative estimate of drug-likeness (QED) is 0.652. The van der Waals surface area contributed by atoms with Crippen molar-refractivity contribution < 1.29 is 4.92 Å². The molecule has 1 N–H and O–H groups in total. The molecule has 1 aromatic rings. The fourth-order valence-electron chi connectivity index (χ4n) is 2.44. The molecule has 1 aromatic carbocycles. The molecule has 98 valence electrons. The van der Waals surface area contributed by atoms with Crippen LogP contribution in [-0.2, 0) is 6.54 Å². The second kappa shape index (κ2) is 5.93. The molecular weight excluding hydrogens is 230 g/mol. The molecule has 1 aliphatic rings. The second-order valence-electron chi connectivity index (χ2n) is 4.72. The Morgan fingerprint density at radius 2 is 2.06 bits per heavy atom. The number of nitrogens with one attached hydrogen (secondary N) is 1. The van der Waals surface area contributed by atoms with Gasteiger partial charge in [0.15, 0.2) is 0 Å². The summed E-state index contributed by atoms with van der Waals surface area (Å²) in [5.41, 5.74) is 1.04. The first-order chi connectivity index (χ1) is 8.70. The Kier molecular flexibility index (Phi) is 4.28. The first kappa shape index (κ1) is 13.0. The zero-order chi connectivity index (χ0) is 13.0. The van der Waals surface area contributed by atoms with Crippen molar-refractivity contribution in [3.05, 3.63) is 39.9 Å². The average molecular weight is 249 g/mol. The Labute approximate surface area is 107 Å². The monoisotopic (exact) mass is 249 g/mol. The van der Waals surface area contributed by atoms with Gasteiger partial charge in [-0.2, -0.15) is 0 Å². The highest BCUT2D eigenvalue weighted by atomic mass is 16.6. The van der Waals surface area contributed by atoms with Gasteiger partial charge in [0.05, 0.1) is 4.92 Å². The third-order valence-corrected chi connectivity index (χ3v) is 3.58. The Bertz CT molecular complexity index is 414. The van der Waals surface area contributed by atoms with E-state index in [4.69, 9.17) is 0 Å². The van der Waals surface area contributed by atoms with Crippen LogP contribution in [0.2, 0.25) is 0 Å². The van der Waals surface area contributed by atoms with Crippen LogP contribution in [0.4, 0.5) is 5.69 Å². The minimum absolute atomic E-state index is 0.230. The summed E-state index contributed by atoms with van der Waals surface area (Å²) in [6.07, 6.45) is 2.22. The molecule has 5 heteroatoms. The van der Waals surface area contributed by atoms with Crippen LogP contribution in [0.15, 0.2) is 24.3 Å². The van der Waals surface area contributed by atoms with Crippen LogP contribution >= 0.6 is 0 Å². The van der Waals surface area contributed by atoms with Crippen LogP contribution in [0.25, 0.3) is 0 Å². The topological polar surface area (TPSA) is 58.4 Å². The fraction of sp³-hybridized carbons (Fsp3) is 0.538. The second-order valence-corrected chi connectivity index (χ2v) is 4.72. The Hall–Kier alpha value is -1.46. The Morgan fingerprint density at radius 3 is 2.67 bits per heavy atom. The van der Waals surface area contributed by atoms with Crippen molar-refractivity contribution >= 4 is 5.69 Å². The van der Waals surface area contributed by atoms with Gasteiger partial charge in [-0.15, -0.1) is 0 Å². The summed E-state index contributed by atoms with van der Waals surface area (Å²) in [5.74, 6) is 0. The normalized spacial score (nSPS) is 17.8. The number of nitrogens with zero attached hydrogens (tertiary/aromatic N) is 2. The molecule has 2 rings (SSSR count). The lowest BCUT2D eigenvalue weighted by atomic mass is 10.0. The maximum atomic E-state index is 10.9. The van der Waals surface area contributed by atoms with Crippen molar-refractivity contribution in [3.63, 3.8) is 0 Å². The summed E-state index contributed by atoms with van der Waals surface area (Å²) in [6.45, 7) is 2.67. The number of piperidine rings is 1. The smallest absolute Gasteiger partial charge is 0.273 e. The van der Waals surface area contributed by atoms with Crippen LogP contribution in [-0.4, -0.2) is 36.0 Å². The number of nitro groups is 1. The molecule has 0 amide bonds. The highest BCUT2D eigenvalue weighted by Crippen LogP contribution is 2.21. The van der Waals surface area contributed by atoms with Gasteiger partial charge in [-0.05, 0) is 33.0 Å². The van der Waals surface area contributed by atoms with Crippen molar-refractivity contribution in [3.8, 4) is 0 Å². The first-order valence-electron chi connectivity index (χ1n) is 6.32. The van der Waals surface area contributed by atoms with Crippen LogP contribution in [0.1, 0.15) is 18.4 Å². The molecule has 1 heterocycles. The van der Waals surface area contributed by atoms with Crippen molar-refractivity contribution in [2.45, 2.75) is 25.4 Å². The van der Waals surface area contributed by atoms with Gasteiger partial charge < -0.3 is 5.32 Å². The van der Waals surface area contributed by atoms with E-state index in [1.165, 1.54) is 0 Å². The van der Waals surface area contributed by atoms with E-state index in [0.717, 1.165) is 31.5 Å². The first-order valence-corrected chi connectivity index (χ1v) is 6.32. The van der Waals surface area contributed by atoms with Crippen molar-refractivity contribution in [1.82, 2.24) is 10.2 Å². The third-order valence-electron chi connectivity index (χ3n) is 3.58. The molecule has 0 unspecified atom stereocenters. The SMILES string of the molecule is CNC1CCN(Cc2ccccc2[N+](=O)[O-])CC1. The maximum Gasteiger partial charge on any atom is 0.273 e. The number of hydrogen-bond donors (Lipinski definition) is 1. The zero-order valence-electron chi connectivity index (χ0n) is 10.6. The minimum atomic E-state index is -0.296. The molecule has 0 bridgehead atoms. The molecule has 18 heavy (non-hydrogen) atoms. The maximum absolute atomic E-state index is 10.9. The van der Waals surface area contributed by atoms with E-state index in [-0.39, 0.29) is 10.6 Å². The minimum Gasteiger partial charge on any atom is -0.317 e. The van der Waals surface area contributed by atoms with E-state index >= 15 is 0 Å². The number of benzene rings is 1. The summed E-state index contributed by atoms with van der Waals surface area (Å²) < 4.78 is 0. The number of hydrogen-bond acceptors (Lipinski definition) is 4. The molecule has 0 saturated carbocycles. The molecule has 0 aromatic heterocycles. The van der Waals surface area contributed by atoms with E-state index in [1.807, 2.05) is 19.2 Å². The number of para-hydroxylation sites is 1. The number of nitro benzene ring substituents is 1. The van der Waals surface area contributed by atoms with Gasteiger partial charge in [-0.1, -0.05) is 18.2 Å². The van der Waals surface area contributed by atoms with Gasteiger partial charge >= 0.3 is 0 Å². The number of rotatable bonds is 4. The van der Waals surface area contributed by atoms with E-state index in [9.17, 15) is 10.1 Å². The standard InChI is InChI=1S/C13H19N3O2/c1-14-12-6-8-15(9-7-12)10-11-4-2-3-5-13(11)16(17)18/h2-5,12,14H,6-10H2,1H3. The molecule has 0 aliphatic carbocycles. The fourth-order valence-corrected chi connectivity index (χ4v) is 2.44. The Balaban J connectivity index is 2.00. The van der Waals surface area contributed by atoms with Gasteiger partial charge in [0.2, 0.25) is 0 Å². The van der Waals surface area contributed by atoms with Crippen molar-refractivity contribution in [2.75, 3.05) is 20.1 Å². The molecule has 0 atom stereocenters. The molecular formula is C13H19N3O2. The van der Waals surface area contributed by atoms with Gasteiger partial charge in [0.1, 0.15) is 0 Å². The summed E-state index contributed by atoms with van der Waals surface area (Å²) >= 11 is 0. The Morgan fingerprint density at radius 1 is 1.39 bits per heavy atom. The third kappa shape index (κ3) is 3.05. The van der Waals surface area contributed by atoms with E-state index in [1.54, 1.807) is 12.1 Å². The lowest BCUT2D eigenvalue weighted by Gasteiger charge is -2.31. The molecule has 1 saturated heterocycles. The summed E-state index contributed by atoms with van der Waals surface area (Å²) in [5, 5.41) is 14.2. The van der Waals surface area contributed by atoms with Crippen molar-refractivity contribution in [2.24, 2.45) is 0 Å². The van der Waals surface area contributed by atoms with E-state index in [2.05, 4.69) is 10.2 Å². The summed E-state index contributed by atoms with van der Waals surface area (Å²) in [6, 6.07) is 7.60. The lowest BCUT2D eigenvalue weighted by molar-refractivity contribution is -0.385. The van der Waals surface area contributed by atoms with E-state index in [0.29, 0.717) is 12.6 Å². The highest BCUT2D eigenvalue weighted by molar-refractivity contribution is 5.39. The predicted octanol–water partition coefficient (Wildman–Crippen LogP) is 1.78. The lowest BCUT2D eigenvalue weighted by Crippen LogP contribution is -2.40. The van der Waals surface area contributed by atoms with Crippen LogP contribution in [0.5, 0.6) is 0 Å².